The fraction of sp³-hybridized carbons (Fsp3) is 0.417. The van der Waals surface area contributed by atoms with Crippen LogP contribution in [0.25, 0.3) is 0 Å². The van der Waals surface area contributed by atoms with Gasteiger partial charge in [0.2, 0.25) is 0 Å². The fourth-order valence-corrected chi connectivity index (χ4v) is 1.64. The first-order valence-electron chi connectivity index (χ1n) is 5.42. The van der Waals surface area contributed by atoms with E-state index in [9.17, 15) is 4.79 Å². The Balaban J connectivity index is 3.03. The summed E-state index contributed by atoms with van der Waals surface area (Å²) in [6, 6.07) is 3.54. The van der Waals surface area contributed by atoms with Crippen molar-refractivity contribution in [2.24, 2.45) is 11.5 Å². The number of aliphatic carboxylic acids is 1. The minimum absolute atomic E-state index is 0.706. The van der Waals surface area contributed by atoms with Crippen molar-refractivity contribution in [2.75, 3.05) is 7.11 Å². The molecule has 0 aromatic heterocycles. The second-order valence-corrected chi connectivity index (χ2v) is 3.81. The first kappa shape index (κ1) is 13.5. The Morgan fingerprint density at radius 3 is 2.59 bits per heavy atom. The minimum atomic E-state index is -1.11. The van der Waals surface area contributed by atoms with Gasteiger partial charge in [-0.1, -0.05) is 19.1 Å². The van der Waals surface area contributed by atoms with Crippen LogP contribution in [-0.4, -0.2) is 24.2 Å². The molecule has 5 heteroatoms. The van der Waals surface area contributed by atoms with E-state index in [1.165, 1.54) is 0 Å². The Labute approximate surface area is 100 Å². The molecule has 0 heterocycles. The van der Waals surface area contributed by atoms with E-state index in [0.29, 0.717) is 5.56 Å². The van der Waals surface area contributed by atoms with Crippen molar-refractivity contribution < 1.29 is 14.6 Å². The molecule has 0 fully saturated rings. The number of rotatable bonds is 5. The van der Waals surface area contributed by atoms with Gasteiger partial charge in [-0.15, -0.1) is 0 Å². The number of benzene rings is 1. The Bertz CT molecular complexity index is 407. The Kier molecular flexibility index (Phi) is 4.48. The number of carboxylic acids is 1. The maximum atomic E-state index is 10.8. The number of carbonyl (C=O) groups is 1. The van der Waals surface area contributed by atoms with Crippen LogP contribution in [0.4, 0.5) is 0 Å². The van der Waals surface area contributed by atoms with Crippen LogP contribution in [0.1, 0.15) is 24.1 Å². The van der Waals surface area contributed by atoms with E-state index in [1.807, 2.05) is 13.0 Å². The SMILES string of the molecule is CCc1cc(C(N)C(N)C(=O)O)ccc1OC. The molecule has 1 rings (SSSR count). The summed E-state index contributed by atoms with van der Waals surface area (Å²) in [5.41, 5.74) is 13.0. The summed E-state index contributed by atoms with van der Waals surface area (Å²) in [5.74, 6) is -0.335. The predicted octanol–water partition coefficient (Wildman–Crippen LogP) is 0.669. The van der Waals surface area contributed by atoms with E-state index in [2.05, 4.69) is 0 Å². The lowest BCUT2D eigenvalue weighted by atomic mass is 9.97. The Morgan fingerprint density at radius 2 is 2.12 bits per heavy atom. The van der Waals surface area contributed by atoms with Crippen molar-refractivity contribution in [3.8, 4) is 5.75 Å². The van der Waals surface area contributed by atoms with Crippen molar-refractivity contribution in [1.29, 1.82) is 0 Å². The topological polar surface area (TPSA) is 98.6 Å². The van der Waals surface area contributed by atoms with E-state index >= 15 is 0 Å². The Hall–Kier alpha value is -1.59. The van der Waals surface area contributed by atoms with Crippen molar-refractivity contribution in [1.82, 2.24) is 0 Å². The third kappa shape index (κ3) is 2.95. The van der Waals surface area contributed by atoms with Gasteiger partial charge in [-0.05, 0) is 23.6 Å². The standard InChI is InChI=1S/C12H18N2O3/c1-3-7-6-8(4-5-9(7)17-2)10(13)11(14)12(15)16/h4-6,10-11H,3,13-14H2,1-2H3,(H,15,16). The summed E-state index contributed by atoms with van der Waals surface area (Å²) in [5, 5.41) is 8.81. The zero-order valence-electron chi connectivity index (χ0n) is 10.0. The number of ether oxygens (including phenoxy) is 1. The van der Waals surface area contributed by atoms with E-state index < -0.39 is 18.1 Å². The summed E-state index contributed by atoms with van der Waals surface area (Å²) >= 11 is 0. The summed E-state index contributed by atoms with van der Waals surface area (Å²) in [6.45, 7) is 1.99. The largest absolute Gasteiger partial charge is 0.496 e. The summed E-state index contributed by atoms with van der Waals surface area (Å²) < 4.78 is 5.19. The lowest BCUT2D eigenvalue weighted by Gasteiger charge is -2.18. The number of hydrogen-bond acceptors (Lipinski definition) is 4. The molecular weight excluding hydrogens is 220 g/mol. The van der Waals surface area contributed by atoms with Crippen molar-refractivity contribution in [3.05, 3.63) is 29.3 Å². The summed E-state index contributed by atoms with van der Waals surface area (Å²) in [6.07, 6.45) is 0.784. The molecule has 0 saturated heterocycles. The second-order valence-electron chi connectivity index (χ2n) is 3.81. The lowest BCUT2D eigenvalue weighted by molar-refractivity contribution is -0.139. The van der Waals surface area contributed by atoms with Crippen LogP contribution in [0.2, 0.25) is 0 Å². The number of hydrogen-bond donors (Lipinski definition) is 3. The molecule has 0 aliphatic carbocycles. The van der Waals surface area contributed by atoms with E-state index in [1.54, 1.807) is 19.2 Å². The highest BCUT2D eigenvalue weighted by atomic mass is 16.5. The monoisotopic (exact) mass is 238 g/mol. The normalized spacial score (nSPS) is 14.1. The van der Waals surface area contributed by atoms with Crippen molar-refractivity contribution in [3.63, 3.8) is 0 Å². The molecule has 5 N–H and O–H groups in total. The molecule has 0 aliphatic rings. The average Bonchev–Trinajstić information content (AvgIpc) is 2.35. The van der Waals surface area contributed by atoms with Crippen LogP contribution < -0.4 is 16.2 Å². The van der Waals surface area contributed by atoms with Gasteiger partial charge in [-0.3, -0.25) is 4.79 Å². The van der Waals surface area contributed by atoms with Crippen LogP contribution >= 0.6 is 0 Å². The second kappa shape index (κ2) is 5.65. The fourth-order valence-electron chi connectivity index (χ4n) is 1.64. The zero-order valence-corrected chi connectivity index (χ0v) is 10.0. The van der Waals surface area contributed by atoms with E-state index in [-0.39, 0.29) is 0 Å². The highest BCUT2D eigenvalue weighted by molar-refractivity contribution is 5.74. The van der Waals surface area contributed by atoms with Gasteiger partial charge in [-0.25, -0.2) is 0 Å². The molecule has 17 heavy (non-hydrogen) atoms. The molecule has 0 saturated carbocycles. The molecule has 1 aromatic rings. The van der Waals surface area contributed by atoms with E-state index in [0.717, 1.165) is 17.7 Å². The maximum absolute atomic E-state index is 10.8. The van der Waals surface area contributed by atoms with Crippen LogP contribution in [0, 0.1) is 0 Å². The molecule has 0 spiro atoms. The lowest BCUT2D eigenvalue weighted by Crippen LogP contribution is -2.40. The molecular formula is C12H18N2O3. The molecule has 0 aliphatic heterocycles. The van der Waals surface area contributed by atoms with Crippen molar-refractivity contribution >= 4 is 5.97 Å². The number of aryl methyl sites for hydroxylation is 1. The third-order valence-electron chi connectivity index (χ3n) is 2.74. The first-order valence-corrected chi connectivity index (χ1v) is 5.42. The quantitative estimate of drug-likeness (QED) is 0.700. The van der Waals surface area contributed by atoms with Gasteiger partial charge in [0.1, 0.15) is 11.8 Å². The highest BCUT2D eigenvalue weighted by Gasteiger charge is 2.22. The maximum Gasteiger partial charge on any atom is 0.322 e. The molecule has 0 bridgehead atoms. The Morgan fingerprint density at radius 1 is 1.47 bits per heavy atom. The minimum Gasteiger partial charge on any atom is -0.496 e. The van der Waals surface area contributed by atoms with Gasteiger partial charge >= 0.3 is 5.97 Å². The van der Waals surface area contributed by atoms with Crippen molar-refractivity contribution in [2.45, 2.75) is 25.4 Å². The van der Waals surface area contributed by atoms with E-state index in [4.69, 9.17) is 21.3 Å². The zero-order chi connectivity index (χ0) is 13.0. The van der Waals surface area contributed by atoms with Gasteiger partial charge < -0.3 is 21.3 Å². The first-order chi connectivity index (χ1) is 8.01. The average molecular weight is 238 g/mol. The molecule has 0 amide bonds. The third-order valence-corrected chi connectivity index (χ3v) is 2.74. The van der Waals surface area contributed by atoms with Gasteiger partial charge in [-0.2, -0.15) is 0 Å². The van der Waals surface area contributed by atoms with Gasteiger partial charge in [0, 0.05) is 0 Å². The number of methoxy groups -OCH3 is 1. The van der Waals surface area contributed by atoms with Crippen LogP contribution in [0.5, 0.6) is 5.75 Å². The summed E-state index contributed by atoms with van der Waals surface area (Å²) in [4.78, 5) is 10.8. The smallest absolute Gasteiger partial charge is 0.322 e. The molecule has 2 atom stereocenters. The van der Waals surface area contributed by atoms with Gasteiger partial charge in [0.15, 0.2) is 0 Å². The van der Waals surface area contributed by atoms with Crippen LogP contribution in [0.3, 0.4) is 0 Å². The molecule has 0 radical (unpaired) electrons. The molecule has 5 nitrogen and oxygen atoms in total. The summed E-state index contributed by atoms with van der Waals surface area (Å²) in [7, 11) is 1.59. The predicted molar refractivity (Wildman–Crippen MR) is 64.9 cm³/mol. The van der Waals surface area contributed by atoms with Gasteiger partial charge in [0.25, 0.3) is 0 Å². The van der Waals surface area contributed by atoms with Gasteiger partial charge in [0.05, 0.1) is 13.2 Å². The van der Waals surface area contributed by atoms with Crippen LogP contribution in [0.15, 0.2) is 18.2 Å². The molecule has 2 unspecified atom stereocenters. The molecule has 1 aromatic carbocycles. The molecule has 94 valence electrons. The van der Waals surface area contributed by atoms with Crippen LogP contribution in [-0.2, 0) is 11.2 Å². The highest BCUT2D eigenvalue weighted by Crippen LogP contribution is 2.24. The number of carboxylic acid groups (broad SMARTS) is 1. The number of nitrogens with two attached hydrogens (primary N) is 2.